The number of rotatable bonds is 4. The van der Waals surface area contributed by atoms with Crippen LogP contribution in [0.3, 0.4) is 0 Å². The van der Waals surface area contributed by atoms with Crippen molar-refractivity contribution in [2.75, 3.05) is 6.61 Å². The first kappa shape index (κ1) is 10.2. The van der Waals surface area contributed by atoms with Gasteiger partial charge in [-0.05, 0) is 20.8 Å². The molecule has 0 N–H and O–H groups in total. The zero-order chi connectivity index (χ0) is 8.69. The third-order valence-corrected chi connectivity index (χ3v) is 0.986. The van der Waals surface area contributed by atoms with Gasteiger partial charge in [-0.15, -0.1) is 0 Å². The molecule has 1 unspecified atom stereocenters. The molecule has 0 fully saturated rings. The third-order valence-electron chi connectivity index (χ3n) is 0.986. The molecule has 0 rings (SSSR count). The van der Waals surface area contributed by atoms with Gasteiger partial charge in [-0.25, -0.2) is 4.79 Å². The fraction of sp³-hybridized carbons (Fsp3) is 0.625. The van der Waals surface area contributed by atoms with Crippen LogP contribution in [0.4, 0.5) is 0 Å². The van der Waals surface area contributed by atoms with Crippen molar-refractivity contribution in [2.24, 2.45) is 0 Å². The molecule has 0 heterocycles. The highest BCUT2D eigenvalue weighted by Gasteiger charge is 2.03. The Bertz CT molecular complexity index is 140. The summed E-state index contributed by atoms with van der Waals surface area (Å²) in [4.78, 5) is 10.7. The summed E-state index contributed by atoms with van der Waals surface area (Å²) in [5.41, 5.74) is 0. The Balaban J connectivity index is 3.57. The second kappa shape index (κ2) is 5.92. The van der Waals surface area contributed by atoms with Crippen molar-refractivity contribution in [2.45, 2.75) is 27.1 Å². The first-order chi connectivity index (χ1) is 5.20. The zero-order valence-electron chi connectivity index (χ0n) is 7.16. The van der Waals surface area contributed by atoms with Crippen LogP contribution in [0.25, 0.3) is 0 Å². The van der Waals surface area contributed by atoms with Crippen LogP contribution in [0.2, 0.25) is 0 Å². The lowest BCUT2D eigenvalue weighted by atomic mass is 10.5. The first-order valence-electron chi connectivity index (χ1n) is 3.65. The fourth-order valence-corrected chi connectivity index (χ4v) is 0.608. The fourth-order valence-electron chi connectivity index (χ4n) is 0.608. The second-order valence-electron chi connectivity index (χ2n) is 1.96. The second-order valence-corrected chi connectivity index (χ2v) is 1.96. The largest absolute Gasteiger partial charge is 0.433 e. The van der Waals surface area contributed by atoms with Gasteiger partial charge >= 0.3 is 5.97 Å². The smallest absolute Gasteiger partial charge is 0.332 e. The third kappa shape index (κ3) is 5.61. The molecule has 0 aliphatic heterocycles. The molecule has 0 bridgehead atoms. The van der Waals surface area contributed by atoms with Crippen molar-refractivity contribution in [3.63, 3.8) is 0 Å². The molecular weight excluding hydrogens is 144 g/mol. The highest BCUT2D eigenvalue weighted by atomic mass is 16.7. The van der Waals surface area contributed by atoms with Crippen molar-refractivity contribution in [1.82, 2.24) is 0 Å². The van der Waals surface area contributed by atoms with Gasteiger partial charge in [0, 0.05) is 12.7 Å². The molecule has 3 nitrogen and oxygen atoms in total. The SMILES string of the molecule is C/C=C/C(=O)OC(C)OCC. The van der Waals surface area contributed by atoms with Gasteiger partial charge in [0.25, 0.3) is 0 Å². The molecule has 0 aliphatic rings. The number of carbonyl (C=O) groups is 1. The van der Waals surface area contributed by atoms with Gasteiger partial charge in [0.15, 0.2) is 6.29 Å². The van der Waals surface area contributed by atoms with E-state index in [2.05, 4.69) is 0 Å². The quantitative estimate of drug-likeness (QED) is 0.353. The van der Waals surface area contributed by atoms with Gasteiger partial charge in [0.05, 0.1) is 0 Å². The predicted molar refractivity (Wildman–Crippen MR) is 42.0 cm³/mol. The van der Waals surface area contributed by atoms with Gasteiger partial charge in [0.2, 0.25) is 0 Å². The van der Waals surface area contributed by atoms with Crippen LogP contribution < -0.4 is 0 Å². The van der Waals surface area contributed by atoms with Gasteiger partial charge in [-0.3, -0.25) is 0 Å². The van der Waals surface area contributed by atoms with Crippen LogP contribution in [-0.4, -0.2) is 18.9 Å². The minimum Gasteiger partial charge on any atom is -0.433 e. The molecule has 0 saturated carbocycles. The average molecular weight is 158 g/mol. The molecule has 11 heavy (non-hydrogen) atoms. The lowest BCUT2D eigenvalue weighted by molar-refractivity contribution is -0.167. The van der Waals surface area contributed by atoms with Crippen molar-refractivity contribution >= 4 is 5.97 Å². The maximum absolute atomic E-state index is 10.7. The summed E-state index contributed by atoms with van der Waals surface area (Å²) < 4.78 is 9.77. The van der Waals surface area contributed by atoms with Gasteiger partial charge in [-0.2, -0.15) is 0 Å². The molecule has 0 aliphatic carbocycles. The lowest BCUT2D eigenvalue weighted by Crippen LogP contribution is -2.16. The maximum Gasteiger partial charge on any atom is 0.332 e. The molecule has 0 saturated heterocycles. The molecule has 0 aromatic heterocycles. The van der Waals surface area contributed by atoms with Crippen LogP contribution in [0, 0.1) is 0 Å². The molecule has 0 amide bonds. The monoisotopic (exact) mass is 158 g/mol. The van der Waals surface area contributed by atoms with E-state index in [1.54, 1.807) is 19.9 Å². The standard InChI is InChI=1S/C8H14O3/c1-4-6-8(9)11-7(3)10-5-2/h4,6-7H,5H2,1-3H3/b6-4+. The van der Waals surface area contributed by atoms with Crippen LogP contribution in [0.1, 0.15) is 20.8 Å². The van der Waals surface area contributed by atoms with Crippen LogP contribution in [0.15, 0.2) is 12.2 Å². The van der Waals surface area contributed by atoms with Crippen molar-refractivity contribution < 1.29 is 14.3 Å². The normalized spacial score (nSPS) is 13.4. The van der Waals surface area contributed by atoms with E-state index >= 15 is 0 Å². The van der Waals surface area contributed by atoms with Gasteiger partial charge in [0.1, 0.15) is 0 Å². The molecule has 3 heteroatoms. The maximum atomic E-state index is 10.7. The van der Waals surface area contributed by atoms with E-state index in [0.717, 1.165) is 0 Å². The van der Waals surface area contributed by atoms with Crippen LogP contribution >= 0.6 is 0 Å². The minimum atomic E-state index is -0.455. The first-order valence-corrected chi connectivity index (χ1v) is 3.65. The summed E-state index contributed by atoms with van der Waals surface area (Å²) >= 11 is 0. The molecular formula is C8H14O3. The summed E-state index contributed by atoms with van der Waals surface area (Å²) in [6, 6.07) is 0. The van der Waals surface area contributed by atoms with E-state index in [1.807, 2.05) is 6.92 Å². The van der Waals surface area contributed by atoms with E-state index in [0.29, 0.717) is 6.61 Å². The number of hydrogen-bond donors (Lipinski definition) is 0. The minimum absolute atomic E-state index is 0.367. The van der Waals surface area contributed by atoms with Gasteiger partial charge in [-0.1, -0.05) is 6.08 Å². The van der Waals surface area contributed by atoms with Gasteiger partial charge < -0.3 is 9.47 Å². The summed E-state index contributed by atoms with van der Waals surface area (Å²) in [7, 11) is 0. The average Bonchev–Trinajstić information content (AvgIpc) is 1.87. The number of allylic oxidation sites excluding steroid dienone is 1. The van der Waals surface area contributed by atoms with E-state index in [4.69, 9.17) is 9.47 Å². The highest BCUT2D eigenvalue weighted by molar-refractivity contribution is 5.81. The Morgan fingerprint density at radius 2 is 2.27 bits per heavy atom. The van der Waals surface area contributed by atoms with E-state index in [-0.39, 0.29) is 5.97 Å². The molecule has 1 atom stereocenters. The molecule has 64 valence electrons. The van der Waals surface area contributed by atoms with Crippen LogP contribution in [-0.2, 0) is 14.3 Å². The summed E-state index contributed by atoms with van der Waals surface area (Å²) in [5, 5.41) is 0. The zero-order valence-corrected chi connectivity index (χ0v) is 7.16. The number of ether oxygens (including phenoxy) is 2. The van der Waals surface area contributed by atoms with Crippen molar-refractivity contribution in [1.29, 1.82) is 0 Å². The molecule has 0 spiro atoms. The Labute approximate surface area is 67.0 Å². The van der Waals surface area contributed by atoms with E-state index in [9.17, 15) is 4.79 Å². The predicted octanol–water partition coefficient (Wildman–Crippen LogP) is 1.49. The topological polar surface area (TPSA) is 35.5 Å². The number of carbonyl (C=O) groups excluding carboxylic acids is 1. The Hall–Kier alpha value is -0.830. The van der Waals surface area contributed by atoms with E-state index in [1.165, 1.54) is 6.08 Å². The number of hydrogen-bond acceptors (Lipinski definition) is 3. The Morgan fingerprint density at radius 3 is 2.73 bits per heavy atom. The molecule has 0 radical (unpaired) electrons. The summed E-state index contributed by atoms with van der Waals surface area (Å²) in [6.07, 6.45) is 2.53. The highest BCUT2D eigenvalue weighted by Crippen LogP contribution is 1.94. The summed E-state index contributed by atoms with van der Waals surface area (Å²) in [6.45, 7) is 5.84. The lowest BCUT2D eigenvalue weighted by Gasteiger charge is -2.10. The summed E-state index contributed by atoms with van der Waals surface area (Å²) in [5.74, 6) is -0.367. The number of esters is 1. The van der Waals surface area contributed by atoms with Crippen molar-refractivity contribution in [3.05, 3.63) is 12.2 Å². The Kier molecular flexibility index (Phi) is 5.47. The van der Waals surface area contributed by atoms with Crippen LogP contribution in [0.5, 0.6) is 0 Å². The molecule has 0 aromatic rings. The van der Waals surface area contributed by atoms with Crippen molar-refractivity contribution in [3.8, 4) is 0 Å². The molecule has 0 aromatic carbocycles. The van der Waals surface area contributed by atoms with E-state index < -0.39 is 6.29 Å². The Morgan fingerprint density at radius 1 is 1.64 bits per heavy atom.